The molecule has 0 atom stereocenters. The van der Waals surface area contributed by atoms with Gasteiger partial charge in [-0.2, -0.15) is 0 Å². The monoisotopic (exact) mass is 534 g/mol. The van der Waals surface area contributed by atoms with Gasteiger partial charge < -0.3 is 24.8 Å². The first-order valence-corrected chi connectivity index (χ1v) is 10.2. The largest absolute Gasteiger partial charge is 0.493 e. The zero-order chi connectivity index (χ0) is 20.4. The lowest BCUT2D eigenvalue weighted by Crippen LogP contribution is -2.38. The maximum absolute atomic E-state index is 5.65. The molecule has 2 aromatic rings. The molecule has 0 amide bonds. The van der Waals surface area contributed by atoms with Crippen LogP contribution in [0.3, 0.4) is 0 Å². The average molecular weight is 534 g/mol. The van der Waals surface area contributed by atoms with E-state index < -0.39 is 0 Å². The molecular weight excluding hydrogens is 503 g/mol. The van der Waals surface area contributed by atoms with E-state index in [1.807, 2.05) is 32.2 Å². The highest BCUT2D eigenvalue weighted by molar-refractivity contribution is 14.0. The highest BCUT2D eigenvalue weighted by Crippen LogP contribution is 2.38. The molecule has 1 aromatic heterocycles. The first-order chi connectivity index (χ1) is 13.6. The number of ether oxygens (including phenoxy) is 3. The predicted octanol–water partition coefficient (Wildman–Crippen LogP) is 3.78. The van der Waals surface area contributed by atoms with Gasteiger partial charge in [0.15, 0.2) is 17.5 Å². The predicted molar refractivity (Wildman–Crippen MR) is 130 cm³/mol. The molecule has 0 aliphatic rings. The minimum atomic E-state index is 0. The number of thiazole rings is 1. The van der Waals surface area contributed by atoms with E-state index in [9.17, 15) is 0 Å². The van der Waals surface area contributed by atoms with Gasteiger partial charge in [-0.25, -0.2) is 9.98 Å². The molecule has 0 fully saturated rings. The fourth-order valence-corrected chi connectivity index (χ4v) is 3.42. The highest BCUT2D eigenvalue weighted by atomic mass is 127. The van der Waals surface area contributed by atoms with Crippen LogP contribution in [-0.4, -0.2) is 44.9 Å². The van der Waals surface area contributed by atoms with Crippen LogP contribution in [0.1, 0.15) is 29.3 Å². The Labute approximate surface area is 194 Å². The molecule has 0 bridgehead atoms. The second kappa shape index (κ2) is 13.5. The van der Waals surface area contributed by atoms with E-state index in [0.717, 1.165) is 36.0 Å². The molecule has 2 rings (SSSR count). The molecule has 0 aliphatic heterocycles. The van der Waals surface area contributed by atoms with Gasteiger partial charge in [-0.3, -0.25) is 0 Å². The maximum Gasteiger partial charge on any atom is 0.203 e. The summed E-state index contributed by atoms with van der Waals surface area (Å²) >= 11 is 1.73. The van der Waals surface area contributed by atoms with E-state index in [0.29, 0.717) is 30.4 Å². The average Bonchev–Trinajstić information content (AvgIpc) is 3.11. The molecule has 7 nitrogen and oxygen atoms in total. The summed E-state index contributed by atoms with van der Waals surface area (Å²) in [7, 11) is 3.24. The number of nitrogens with one attached hydrogen (secondary N) is 2. The quantitative estimate of drug-likeness (QED) is 0.275. The third-order valence-electron chi connectivity index (χ3n) is 3.87. The van der Waals surface area contributed by atoms with Crippen molar-refractivity contribution in [1.29, 1.82) is 0 Å². The van der Waals surface area contributed by atoms with Crippen molar-refractivity contribution in [2.45, 2.75) is 33.7 Å². The van der Waals surface area contributed by atoms with Gasteiger partial charge in [0.1, 0.15) is 0 Å². The normalized spacial score (nSPS) is 10.9. The van der Waals surface area contributed by atoms with Gasteiger partial charge in [0.2, 0.25) is 5.75 Å². The minimum absolute atomic E-state index is 0. The lowest BCUT2D eigenvalue weighted by Gasteiger charge is -2.15. The Morgan fingerprint density at radius 2 is 1.83 bits per heavy atom. The molecule has 162 valence electrons. The van der Waals surface area contributed by atoms with Crippen molar-refractivity contribution in [3.63, 3.8) is 0 Å². The Bertz CT molecular complexity index is 758. The van der Waals surface area contributed by atoms with Gasteiger partial charge in [-0.1, -0.05) is 0 Å². The smallest absolute Gasteiger partial charge is 0.203 e. The Balaban J connectivity index is 0.00000420. The summed E-state index contributed by atoms with van der Waals surface area (Å²) in [5.41, 5.74) is 0.977. The topological polar surface area (TPSA) is 77.0 Å². The number of halogens is 1. The van der Waals surface area contributed by atoms with Crippen LogP contribution in [0, 0.1) is 6.92 Å². The third kappa shape index (κ3) is 7.88. The van der Waals surface area contributed by atoms with E-state index >= 15 is 0 Å². The minimum Gasteiger partial charge on any atom is -0.493 e. The summed E-state index contributed by atoms with van der Waals surface area (Å²) in [6.45, 7) is 8.64. The molecule has 0 saturated heterocycles. The molecule has 9 heteroatoms. The van der Waals surface area contributed by atoms with Crippen molar-refractivity contribution in [1.82, 2.24) is 15.6 Å². The lowest BCUT2D eigenvalue weighted by atomic mass is 10.2. The Morgan fingerprint density at radius 1 is 1.14 bits per heavy atom. The van der Waals surface area contributed by atoms with E-state index in [1.165, 1.54) is 4.88 Å². The van der Waals surface area contributed by atoms with Crippen LogP contribution in [-0.2, 0) is 13.0 Å². The molecule has 1 heterocycles. The first kappa shape index (κ1) is 25.3. The number of aliphatic imine (C=N–C) groups is 1. The third-order valence-corrected chi connectivity index (χ3v) is 4.85. The second-order valence-corrected chi connectivity index (χ2v) is 7.32. The molecular formula is C20H31IN4O3S. The van der Waals surface area contributed by atoms with E-state index in [4.69, 9.17) is 14.2 Å². The number of hydrogen-bond donors (Lipinski definition) is 2. The summed E-state index contributed by atoms with van der Waals surface area (Å²) in [6.07, 6.45) is 2.78. The van der Waals surface area contributed by atoms with Crippen LogP contribution < -0.4 is 24.8 Å². The van der Waals surface area contributed by atoms with Gasteiger partial charge in [-0.15, -0.1) is 35.3 Å². The summed E-state index contributed by atoms with van der Waals surface area (Å²) in [5.74, 6) is 2.67. The zero-order valence-corrected chi connectivity index (χ0v) is 20.9. The second-order valence-electron chi connectivity index (χ2n) is 6.00. The highest BCUT2D eigenvalue weighted by Gasteiger charge is 2.13. The molecule has 0 spiro atoms. The first-order valence-electron chi connectivity index (χ1n) is 9.42. The Hall–Kier alpha value is -1.75. The number of nitrogens with zero attached hydrogens (tertiary/aromatic N) is 2. The zero-order valence-electron chi connectivity index (χ0n) is 17.7. The van der Waals surface area contributed by atoms with Crippen LogP contribution in [0.25, 0.3) is 0 Å². The molecule has 0 unspecified atom stereocenters. The van der Waals surface area contributed by atoms with Crippen LogP contribution in [0.4, 0.5) is 0 Å². The van der Waals surface area contributed by atoms with Gasteiger partial charge in [-0.05, 0) is 38.5 Å². The summed E-state index contributed by atoms with van der Waals surface area (Å²) < 4.78 is 16.6. The van der Waals surface area contributed by atoms with Crippen molar-refractivity contribution in [2.24, 2.45) is 4.99 Å². The molecule has 2 N–H and O–H groups in total. The Morgan fingerprint density at radius 3 is 2.34 bits per heavy atom. The fourth-order valence-electron chi connectivity index (χ4n) is 2.63. The number of aryl methyl sites for hydroxylation is 1. The molecule has 0 saturated carbocycles. The van der Waals surface area contributed by atoms with E-state index in [2.05, 4.69) is 27.5 Å². The van der Waals surface area contributed by atoms with Crippen LogP contribution in [0.2, 0.25) is 0 Å². The number of hydrogen-bond acceptors (Lipinski definition) is 6. The molecule has 1 aromatic carbocycles. The number of aromatic nitrogens is 1. The van der Waals surface area contributed by atoms with Gasteiger partial charge >= 0.3 is 0 Å². The number of methoxy groups -OCH3 is 2. The van der Waals surface area contributed by atoms with Crippen molar-refractivity contribution in [2.75, 3.05) is 33.9 Å². The molecule has 29 heavy (non-hydrogen) atoms. The number of rotatable bonds is 10. The SMILES string of the molecule is CCNC(=NCc1cc(OC)c(OCC)c(OC)c1)NCCc1ncc(C)s1.I. The van der Waals surface area contributed by atoms with Crippen LogP contribution in [0.15, 0.2) is 23.3 Å². The van der Waals surface area contributed by atoms with Crippen LogP contribution in [0.5, 0.6) is 17.2 Å². The van der Waals surface area contributed by atoms with E-state index in [1.54, 1.807) is 25.6 Å². The lowest BCUT2D eigenvalue weighted by molar-refractivity contribution is 0.288. The fraction of sp³-hybridized carbons (Fsp3) is 0.500. The van der Waals surface area contributed by atoms with Crippen molar-refractivity contribution in [3.05, 3.63) is 33.8 Å². The van der Waals surface area contributed by atoms with E-state index in [-0.39, 0.29) is 24.0 Å². The molecule has 0 aliphatic carbocycles. The number of guanidine groups is 1. The summed E-state index contributed by atoms with van der Waals surface area (Å²) in [4.78, 5) is 10.3. The Kier molecular flexibility index (Phi) is 11.7. The molecule has 0 radical (unpaired) electrons. The van der Waals surface area contributed by atoms with Gasteiger partial charge in [0, 0.05) is 30.6 Å². The van der Waals surface area contributed by atoms with Gasteiger partial charge in [0.25, 0.3) is 0 Å². The maximum atomic E-state index is 5.65. The van der Waals surface area contributed by atoms with Crippen molar-refractivity contribution in [3.8, 4) is 17.2 Å². The standard InChI is InChI=1S/C20H30N4O3S.HI/c1-6-21-20(22-9-8-18-23-12-14(3)28-18)24-13-15-10-16(25-4)19(27-7-2)17(11-15)26-5;/h10-12H,6-9,13H2,1-5H3,(H2,21,22,24);1H. The van der Waals surface area contributed by atoms with Crippen LogP contribution >= 0.6 is 35.3 Å². The van der Waals surface area contributed by atoms with Crippen molar-refractivity contribution < 1.29 is 14.2 Å². The van der Waals surface area contributed by atoms with Crippen molar-refractivity contribution >= 4 is 41.3 Å². The van der Waals surface area contributed by atoms with Gasteiger partial charge in [0.05, 0.1) is 32.4 Å². The summed E-state index contributed by atoms with van der Waals surface area (Å²) in [6, 6.07) is 3.86. The number of benzene rings is 1. The summed E-state index contributed by atoms with van der Waals surface area (Å²) in [5, 5.41) is 7.75.